The van der Waals surface area contributed by atoms with E-state index in [1.807, 2.05) is 0 Å². The van der Waals surface area contributed by atoms with Gasteiger partial charge in [0.1, 0.15) is 0 Å². The minimum absolute atomic E-state index is 0.371. The summed E-state index contributed by atoms with van der Waals surface area (Å²) in [6, 6.07) is 0. The Morgan fingerprint density at radius 1 is 1.20 bits per heavy atom. The second kappa shape index (κ2) is 5.84. The molecule has 2 N–H and O–H groups in total. The molecule has 2 fully saturated rings. The number of nitrogens with two attached hydrogens (primary N) is 1. The maximum atomic E-state index is 6.55. The van der Waals surface area contributed by atoms with Gasteiger partial charge in [-0.1, -0.05) is 44.2 Å². The molecule has 0 bridgehead atoms. The Balaban J connectivity index is 1.73. The third-order valence-corrected chi connectivity index (χ3v) is 5.35. The number of nitrogens with zero attached hydrogens (tertiary/aromatic N) is 2. The summed E-state index contributed by atoms with van der Waals surface area (Å²) in [5.41, 5.74) is 6.18. The topological polar surface area (TPSA) is 64.9 Å². The van der Waals surface area contributed by atoms with Gasteiger partial charge >= 0.3 is 0 Å². The molecule has 2 saturated carbocycles. The fourth-order valence-electron chi connectivity index (χ4n) is 3.86. The second-order valence-corrected chi connectivity index (χ2v) is 6.81. The molecule has 2 aliphatic carbocycles. The van der Waals surface area contributed by atoms with Crippen LogP contribution in [0.2, 0.25) is 0 Å². The lowest BCUT2D eigenvalue weighted by atomic mass is 9.91. The van der Waals surface area contributed by atoms with Crippen molar-refractivity contribution in [3.05, 3.63) is 11.7 Å². The molecular weight excluding hydrogens is 250 g/mol. The fourth-order valence-corrected chi connectivity index (χ4v) is 3.86. The van der Waals surface area contributed by atoms with E-state index in [-0.39, 0.29) is 5.54 Å². The molecule has 112 valence electrons. The van der Waals surface area contributed by atoms with E-state index in [2.05, 4.69) is 12.1 Å². The molecule has 0 radical (unpaired) electrons. The highest BCUT2D eigenvalue weighted by atomic mass is 16.5. The minimum atomic E-state index is -0.371. The van der Waals surface area contributed by atoms with Gasteiger partial charge in [-0.2, -0.15) is 4.98 Å². The third-order valence-electron chi connectivity index (χ3n) is 5.35. The van der Waals surface area contributed by atoms with Crippen molar-refractivity contribution in [2.45, 2.75) is 82.6 Å². The van der Waals surface area contributed by atoms with Gasteiger partial charge in [0.15, 0.2) is 5.82 Å². The Labute approximate surface area is 121 Å². The lowest BCUT2D eigenvalue weighted by Gasteiger charge is -2.22. The highest BCUT2D eigenvalue weighted by molar-refractivity contribution is 5.06. The SMILES string of the molecule is CCC1CCC(c2noc(C3(N)CCCCCC3)n2)C1. The van der Waals surface area contributed by atoms with Crippen molar-refractivity contribution in [3.8, 4) is 0 Å². The van der Waals surface area contributed by atoms with Gasteiger partial charge in [0.25, 0.3) is 0 Å². The molecule has 1 aromatic rings. The lowest BCUT2D eigenvalue weighted by molar-refractivity contribution is 0.256. The van der Waals surface area contributed by atoms with E-state index in [1.54, 1.807) is 0 Å². The Morgan fingerprint density at radius 3 is 2.60 bits per heavy atom. The van der Waals surface area contributed by atoms with Crippen LogP contribution in [0.1, 0.15) is 88.8 Å². The largest absolute Gasteiger partial charge is 0.337 e. The van der Waals surface area contributed by atoms with E-state index < -0.39 is 0 Å². The number of hydrogen-bond acceptors (Lipinski definition) is 4. The summed E-state index contributed by atoms with van der Waals surface area (Å²) >= 11 is 0. The van der Waals surface area contributed by atoms with Crippen molar-refractivity contribution in [1.29, 1.82) is 0 Å². The standard InChI is InChI=1S/C16H27N3O/c1-2-12-7-8-13(11-12)14-18-15(20-19-14)16(17)9-5-3-4-6-10-16/h12-13H,2-11,17H2,1H3. The van der Waals surface area contributed by atoms with Gasteiger partial charge < -0.3 is 10.3 Å². The van der Waals surface area contributed by atoms with Crippen LogP contribution in [0.5, 0.6) is 0 Å². The molecule has 0 saturated heterocycles. The highest BCUT2D eigenvalue weighted by Crippen LogP contribution is 2.39. The fraction of sp³-hybridized carbons (Fsp3) is 0.875. The van der Waals surface area contributed by atoms with Gasteiger partial charge in [-0.15, -0.1) is 0 Å². The highest BCUT2D eigenvalue weighted by Gasteiger charge is 2.36. The zero-order valence-corrected chi connectivity index (χ0v) is 12.6. The molecule has 2 aliphatic rings. The van der Waals surface area contributed by atoms with Crippen LogP contribution in [-0.2, 0) is 5.54 Å². The first-order chi connectivity index (χ1) is 9.71. The van der Waals surface area contributed by atoms with E-state index in [9.17, 15) is 0 Å². The van der Waals surface area contributed by atoms with Crippen LogP contribution >= 0.6 is 0 Å². The van der Waals surface area contributed by atoms with Gasteiger partial charge in [-0.3, -0.25) is 0 Å². The molecule has 20 heavy (non-hydrogen) atoms. The average Bonchev–Trinajstić information content (AvgIpc) is 3.06. The predicted molar refractivity (Wildman–Crippen MR) is 78.2 cm³/mol. The number of aromatic nitrogens is 2. The molecule has 0 aromatic carbocycles. The molecular formula is C16H27N3O. The minimum Gasteiger partial charge on any atom is -0.337 e. The van der Waals surface area contributed by atoms with Crippen molar-refractivity contribution in [3.63, 3.8) is 0 Å². The van der Waals surface area contributed by atoms with Crippen molar-refractivity contribution in [1.82, 2.24) is 10.1 Å². The van der Waals surface area contributed by atoms with Gasteiger partial charge in [-0.25, -0.2) is 0 Å². The molecule has 3 rings (SSSR count). The van der Waals surface area contributed by atoms with E-state index >= 15 is 0 Å². The molecule has 0 spiro atoms. The molecule has 1 aromatic heterocycles. The first kappa shape index (κ1) is 14.1. The summed E-state index contributed by atoms with van der Waals surface area (Å²) in [5, 5.41) is 4.25. The van der Waals surface area contributed by atoms with E-state index in [0.717, 1.165) is 24.6 Å². The first-order valence-electron chi connectivity index (χ1n) is 8.34. The molecule has 4 nitrogen and oxygen atoms in total. The van der Waals surface area contributed by atoms with Gasteiger partial charge in [0.05, 0.1) is 5.54 Å². The van der Waals surface area contributed by atoms with Crippen molar-refractivity contribution in [2.75, 3.05) is 0 Å². The summed E-state index contributed by atoms with van der Waals surface area (Å²) in [6.45, 7) is 2.27. The maximum Gasteiger partial charge on any atom is 0.246 e. The number of rotatable bonds is 3. The molecule has 1 heterocycles. The van der Waals surface area contributed by atoms with Gasteiger partial charge in [0, 0.05) is 5.92 Å². The van der Waals surface area contributed by atoms with E-state index in [4.69, 9.17) is 15.2 Å². The van der Waals surface area contributed by atoms with Crippen LogP contribution in [0.4, 0.5) is 0 Å². The second-order valence-electron chi connectivity index (χ2n) is 6.81. The van der Waals surface area contributed by atoms with Crippen molar-refractivity contribution in [2.24, 2.45) is 11.7 Å². The summed E-state index contributed by atoms with van der Waals surface area (Å²) in [6.07, 6.45) is 11.9. The smallest absolute Gasteiger partial charge is 0.246 e. The Kier molecular flexibility index (Phi) is 4.11. The summed E-state index contributed by atoms with van der Waals surface area (Å²) < 4.78 is 5.56. The summed E-state index contributed by atoms with van der Waals surface area (Å²) in [4.78, 5) is 4.70. The quantitative estimate of drug-likeness (QED) is 0.852. The zero-order valence-electron chi connectivity index (χ0n) is 12.6. The van der Waals surface area contributed by atoms with Crippen LogP contribution < -0.4 is 5.73 Å². The number of hydrogen-bond donors (Lipinski definition) is 1. The Hall–Kier alpha value is -0.900. The Morgan fingerprint density at radius 2 is 1.95 bits per heavy atom. The van der Waals surface area contributed by atoms with E-state index in [1.165, 1.54) is 51.4 Å². The van der Waals surface area contributed by atoms with Crippen LogP contribution in [0.15, 0.2) is 4.52 Å². The predicted octanol–water partition coefficient (Wildman–Crippen LogP) is 3.87. The molecule has 2 unspecified atom stereocenters. The normalized spacial score (nSPS) is 30.3. The van der Waals surface area contributed by atoms with Crippen molar-refractivity contribution < 1.29 is 4.52 Å². The van der Waals surface area contributed by atoms with Crippen LogP contribution in [0.3, 0.4) is 0 Å². The molecule has 4 heteroatoms. The molecule has 0 amide bonds. The lowest BCUT2D eigenvalue weighted by Crippen LogP contribution is -2.36. The van der Waals surface area contributed by atoms with E-state index in [0.29, 0.717) is 11.8 Å². The third kappa shape index (κ3) is 2.76. The Bertz CT molecular complexity index is 435. The average molecular weight is 277 g/mol. The van der Waals surface area contributed by atoms with Crippen molar-refractivity contribution >= 4 is 0 Å². The van der Waals surface area contributed by atoms with Crippen LogP contribution in [-0.4, -0.2) is 10.1 Å². The summed E-state index contributed by atoms with van der Waals surface area (Å²) in [5.74, 6) is 2.93. The molecule has 0 aliphatic heterocycles. The first-order valence-corrected chi connectivity index (χ1v) is 8.34. The summed E-state index contributed by atoms with van der Waals surface area (Å²) in [7, 11) is 0. The monoisotopic (exact) mass is 277 g/mol. The van der Waals surface area contributed by atoms with Crippen LogP contribution in [0, 0.1) is 5.92 Å². The zero-order chi connectivity index (χ0) is 14.0. The molecule has 2 atom stereocenters. The van der Waals surface area contributed by atoms with Gasteiger partial charge in [0.2, 0.25) is 5.89 Å². The van der Waals surface area contributed by atoms with Crippen LogP contribution in [0.25, 0.3) is 0 Å². The van der Waals surface area contributed by atoms with Gasteiger partial charge in [-0.05, 0) is 38.0 Å². The maximum absolute atomic E-state index is 6.55.